The Labute approximate surface area is 196 Å². The van der Waals surface area contributed by atoms with Crippen molar-refractivity contribution in [3.8, 4) is 0 Å². The fraction of sp³-hybridized carbons (Fsp3) is 0.810. The number of hydrogen-bond donors (Lipinski definition) is 3. The van der Waals surface area contributed by atoms with Gasteiger partial charge in [0.05, 0.1) is 29.7 Å². The summed E-state index contributed by atoms with van der Waals surface area (Å²) >= 11 is -2.14. The quantitative estimate of drug-likeness (QED) is 0.427. The van der Waals surface area contributed by atoms with E-state index in [-0.39, 0.29) is 24.6 Å². The van der Waals surface area contributed by atoms with Crippen molar-refractivity contribution in [3.05, 3.63) is 11.9 Å². The van der Waals surface area contributed by atoms with Crippen molar-refractivity contribution in [2.75, 3.05) is 19.4 Å². The van der Waals surface area contributed by atoms with E-state index in [0.717, 1.165) is 18.5 Å². The minimum atomic E-state index is -2.14. The largest absolute Gasteiger partial charge is 0.391 e. The predicted octanol–water partition coefficient (Wildman–Crippen LogP) is 0.446. The number of aliphatic hydroxyl groups is 1. The maximum Gasteiger partial charge on any atom is 0.248 e. The van der Waals surface area contributed by atoms with Gasteiger partial charge in [0.2, 0.25) is 11.8 Å². The number of likely N-dealkylation sites (tertiary alicyclic amines) is 1. The number of hydrogen-bond acceptors (Lipinski definition) is 7. The molecule has 3 N–H and O–H groups in total. The number of aromatic nitrogens is 3. The van der Waals surface area contributed by atoms with Gasteiger partial charge in [0.15, 0.2) is 11.1 Å². The Morgan fingerprint density at radius 3 is 2.58 bits per heavy atom. The van der Waals surface area contributed by atoms with E-state index in [0.29, 0.717) is 5.92 Å². The number of rotatable bonds is 9. The number of amides is 2. The molecule has 6 atom stereocenters. The number of nitrogens with zero attached hydrogens (tertiary/aromatic N) is 4. The minimum Gasteiger partial charge on any atom is -0.391 e. The predicted molar refractivity (Wildman–Crippen MR) is 121 cm³/mol. The lowest BCUT2D eigenvalue weighted by Crippen LogP contribution is -2.54. The standard InChI is InChI=1S/C21H35N5O6S/c1-12(32-5)16(11-33(30)31)22-19(28)17-8-14(27)9-25(17)20(29)18(21(2,3)4)26-10-15(23-24-26)13-6-7-13/h10,12-14,16-18,27H,6-9,11H2,1-5H3,(H,22,28)(H,30,31)/t12?,14-,16?,17+,18-/m0/s1. The van der Waals surface area contributed by atoms with Crippen molar-refractivity contribution in [2.24, 2.45) is 5.41 Å². The Kier molecular flexibility index (Phi) is 7.92. The van der Waals surface area contributed by atoms with Crippen LogP contribution in [0.25, 0.3) is 0 Å². The smallest absolute Gasteiger partial charge is 0.248 e. The van der Waals surface area contributed by atoms with E-state index in [2.05, 4.69) is 15.6 Å². The molecule has 3 rings (SSSR count). The molecule has 11 nitrogen and oxygen atoms in total. The van der Waals surface area contributed by atoms with Gasteiger partial charge >= 0.3 is 0 Å². The molecule has 3 unspecified atom stereocenters. The first-order valence-corrected chi connectivity index (χ1v) is 12.5. The molecular formula is C21H35N5O6S. The van der Waals surface area contributed by atoms with Crippen LogP contribution in [0, 0.1) is 5.41 Å². The number of aliphatic hydroxyl groups excluding tert-OH is 1. The lowest BCUT2D eigenvalue weighted by molar-refractivity contribution is -0.144. The van der Waals surface area contributed by atoms with Crippen molar-refractivity contribution in [2.45, 2.75) is 83.2 Å². The molecule has 1 aromatic heterocycles. The summed E-state index contributed by atoms with van der Waals surface area (Å²) in [7, 11) is 1.45. The van der Waals surface area contributed by atoms with E-state index in [9.17, 15) is 23.5 Å². The Morgan fingerprint density at radius 1 is 1.36 bits per heavy atom. The summed E-state index contributed by atoms with van der Waals surface area (Å²) in [4.78, 5) is 28.3. The van der Waals surface area contributed by atoms with E-state index < -0.39 is 52.7 Å². The minimum absolute atomic E-state index is 0.0180. The van der Waals surface area contributed by atoms with Crippen LogP contribution in [0.3, 0.4) is 0 Å². The Bertz CT molecular complexity index is 883. The zero-order chi connectivity index (χ0) is 24.5. The highest BCUT2D eigenvalue weighted by Crippen LogP contribution is 2.40. The van der Waals surface area contributed by atoms with Gasteiger partial charge in [-0.2, -0.15) is 0 Å². The SMILES string of the molecule is COC(C)C(CS(=O)O)NC(=O)[C@H]1C[C@H](O)CN1C(=O)[C@H](n1cc(C2CC2)nn1)C(C)(C)C. The number of carbonyl (C=O) groups excluding carboxylic acids is 2. The second-order valence-corrected chi connectivity index (χ2v) is 11.1. The van der Waals surface area contributed by atoms with E-state index in [1.165, 1.54) is 12.0 Å². The normalized spacial score (nSPS) is 24.9. The van der Waals surface area contributed by atoms with Crippen molar-refractivity contribution < 1.29 is 28.2 Å². The second-order valence-electron chi connectivity index (χ2n) is 10.1. The number of β-amino-alcohol motifs (C(OH)–C–C–N with tert-alkyl or cyclic N) is 1. The molecular weight excluding hydrogens is 450 g/mol. The van der Waals surface area contributed by atoms with Crippen molar-refractivity contribution in [3.63, 3.8) is 0 Å². The average Bonchev–Trinajstić information content (AvgIpc) is 3.33. The molecule has 12 heteroatoms. The Morgan fingerprint density at radius 2 is 2.03 bits per heavy atom. The molecule has 2 amide bonds. The average molecular weight is 486 g/mol. The molecule has 0 radical (unpaired) electrons. The first kappa shape index (κ1) is 25.7. The zero-order valence-electron chi connectivity index (χ0n) is 19.8. The van der Waals surface area contributed by atoms with Crippen LogP contribution >= 0.6 is 0 Å². The molecule has 2 fully saturated rings. The zero-order valence-corrected chi connectivity index (χ0v) is 20.6. The molecule has 33 heavy (non-hydrogen) atoms. The first-order valence-electron chi connectivity index (χ1n) is 11.2. The highest BCUT2D eigenvalue weighted by molar-refractivity contribution is 7.79. The molecule has 1 saturated heterocycles. The molecule has 0 spiro atoms. The van der Waals surface area contributed by atoms with Gasteiger partial charge in [0.1, 0.15) is 12.1 Å². The Balaban J connectivity index is 1.82. The van der Waals surface area contributed by atoms with Crippen LogP contribution < -0.4 is 5.32 Å². The molecule has 1 aliphatic carbocycles. The molecule has 1 saturated carbocycles. The van der Waals surface area contributed by atoms with Gasteiger partial charge in [-0.05, 0) is 25.2 Å². The molecule has 0 bridgehead atoms. The number of nitrogens with one attached hydrogen (secondary N) is 1. The van der Waals surface area contributed by atoms with Crippen molar-refractivity contribution in [1.29, 1.82) is 0 Å². The summed E-state index contributed by atoms with van der Waals surface area (Å²) in [5, 5.41) is 21.5. The highest BCUT2D eigenvalue weighted by Gasteiger charge is 2.46. The van der Waals surface area contributed by atoms with Crippen molar-refractivity contribution in [1.82, 2.24) is 25.2 Å². The summed E-state index contributed by atoms with van der Waals surface area (Å²) in [6, 6.07) is -2.35. The van der Waals surface area contributed by atoms with Crippen LogP contribution in [0.5, 0.6) is 0 Å². The summed E-state index contributed by atoms with van der Waals surface area (Å²) in [5.41, 5.74) is 0.335. The fourth-order valence-electron chi connectivity index (χ4n) is 4.22. The lowest BCUT2D eigenvalue weighted by Gasteiger charge is -2.35. The van der Waals surface area contributed by atoms with Gasteiger partial charge in [0.25, 0.3) is 0 Å². The van der Waals surface area contributed by atoms with Gasteiger partial charge < -0.3 is 24.6 Å². The summed E-state index contributed by atoms with van der Waals surface area (Å²) < 4.78 is 27.5. The molecule has 2 aliphatic rings. The third-order valence-electron chi connectivity index (χ3n) is 6.30. The second kappa shape index (κ2) is 10.2. The van der Waals surface area contributed by atoms with Crippen LogP contribution in [-0.4, -0.2) is 89.3 Å². The molecule has 1 aromatic rings. The van der Waals surface area contributed by atoms with E-state index >= 15 is 0 Å². The fourth-order valence-corrected chi connectivity index (χ4v) is 4.88. The van der Waals surface area contributed by atoms with E-state index in [4.69, 9.17) is 4.74 Å². The van der Waals surface area contributed by atoms with Crippen LogP contribution in [0.1, 0.15) is 64.6 Å². The monoisotopic (exact) mass is 485 g/mol. The lowest BCUT2D eigenvalue weighted by atomic mass is 9.85. The van der Waals surface area contributed by atoms with E-state index in [1.54, 1.807) is 17.8 Å². The number of methoxy groups -OCH3 is 1. The van der Waals surface area contributed by atoms with E-state index in [1.807, 2.05) is 20.8 Å². The van der Waals surface area contributed by atoms with Crippen LogP contribution in [0.2, 0.25) is 0 Å². The Hall–Kier alpha value is -1.89. The molecule has 2 heterocycles. The molecule has 1 aliphatic heterocycles. The molecule has 0 aromatic carbocycles. The van der Waals surface area contributed by atoms with Crippen LogP contribution in [-0.2, 0) is 25.4 Å². The third kappa shape index (κ3) is 6.17. The topological polar surface area (TPSA) is 147 Å². The first-order chi connectivity index (χ1) is 15.4. The van der Waals surface area contributed by atoms with Gasteiger partial charge in [-0.15, -0.1) is 5.10 Å². The summed E-state index contributed by atoms with van der Waals surface area (Å²) in [6.45, 7) is 7.46. The summed E-state index contributed by atoms with van der Waals surface area (Å²) in [6.07, 6.45) is 2.64. The van der Waals surface area contributed by atoms with Crippen LogP contribution in [0.4, 0.5) is 0 Å². The summed E-state index contributed by atoms with van der Waals surface area (Å²) in [5.74, 6) is -0.645. The van der Waals surface area contributed by atoms with Gasteiger partial charge in [-0.3, -0.25) is 9.59 Å². The number of carbonyl (C=O) groups is 2. The van der Waals surface area contributed by atoms with Gasteiger partial charge in [-0.25, -0.2) is 8.89 Å². The maximum absolute atomic E-state index is 13.7. The van der Waals surface area contributed by atoms with Gasteiger partial charge in [0, 0.05) is 32.2 Å². The highest BCUT2D eigenvalue weighted by atomic mass is 32.2. The maximum atomic E-state index is 13.7. The third-order valence-corrected chi connectivity index (χ3v) is 6.94. The van der Waals surface area contributed by atoms with Crippen LogP contribution in [0.15, 0.2) is 6.20 Å². The molecule has 186 valence electrons. The number of ether oxygens (including phenoxy) is 1. The van der Waals surface area contributed by atoms with Gasteiger partial charge in [-0.1, -0.05) is 26.0 Å². The van der Waals surface area contributed by atoms with Crippen molar-refractivity contribution >= 4 is 22.9 Å².